The Kier molecular flexibility index (Phi) is 6.17. The summed E-state index contributed by atoms with van der Waals surface area (Å²) < 4.78 is 5.08. The fourth-order valence-electron chi connectivity index (χ4n) is 3.25. The summed E-state index contributed by atoms with van der Waals surface area (Å²) in [5.41, 5.74) is 1.71. The van der Waals surface area contributed by atoms with Crippen molar-refractivity contribution in [1.82, 2.24) is 9.97 Å². The number of aromatic hydroxyl groups is 1. The Balaban J connectivity index is 2.21. The molecular weight excluding hydrogens is 382 g/mol. The average Bonchev–Trinajstić information content (AvgIpc) is 2.73. The standard InChI is InChI=1S/C23H23N3O4/c1-4-16-21(27)19(20(26-22(16)28)23(29)30-11-5-10-24)17-9-8-14-6-7-15(13(2)3)12-18(14)25-17/h6-9,12-13H,4-5,11H2,1-3H3,(H2,26,27,28). The van der Waals surface area contributed by atoms with Gasteiger partial charge in [-0.25, -0.2) is 9.78 Å². The van der Waals surface area contributed by atoms with Crippen molar-refractivity contribution in [2.75, 3.05) is 6.61 Å². The van der Waals surface area contributed by atoms with Gasteiger partial charge in [0.05, 0.1) is 34.8 Å². The molecule has 154 valence electrons. The smallest absolute Gasteiger partial charge is 0.355 e. The number of aromatic amines is 1. The molecule has 2 aromatic heterocycles. The largest absolute Gasteiger partial charge is 0.507 e. The average molecular weight is 405 g/mol. The Hall–Kier alpha value is -3.66. The number of aromatic nitrogens is 2. The monoisotopic (exact) mass is 405 g/mol. The SMILES string of the molecule is CCc1c(O)c(-c2ccc3ccc(C(C)C)cc3n2)c(C(=O)OCCC#N)[nH]c1=O. The number of hydrogen-bond donors (Lipinski definition) is 2. The second kappa shape index (κ2) is 8.78. The van der Waals surface area contributed by atoms with Crippen molar-refractivity contribution in [3.63, 3.8) is 0 Å². The number of esters is 1. The van der Waals surface area contributed by atoms with Gasteiger partial charge in [-0.2, -0.15) is 5.26 Å². The molecule has 30 heavy (non-hydrogen) atoms. The Bertz CT molecular complexity index is 1210. The zero-order valence-electron chi connectivity index (χ0n) is 17.2. The lowest BCUT2D eigenvalue weighted by molar-refractivity contribution is 0.0506. The van der Waals surface area contributed by atoms with Crippen LogP contribution in [0.1, 0.15) is 54.7 Å². The summed E-state index contributed by atoms with van der Waals surface area (Å²) in [4.78, 5) is 32.1. The summed E-state index contributed by atoms with van der Waals surface area (Å²) in [6.07, 6.45) is 0.305. The molecule has 0 radical (unpaired) electrons. The molecule has 3 aromatic rings. The molecule has 0 saturated heterocycles. The number of nitriles is 1. The fourth-order valence-corrected chi connectivity index (χ4v) is 3.25. The van der Waals surface area contributed by atoms with Crippen LogP contribution < -0.4 is 5.56 Å². The summed E-state index contributed by atoms with van der Waals surface area (Å²) >= 11 is 0. The molecule has 7 nitrogen and oxygen atoms in total. The molecule has 0 aliphatic carbocycles. The van der Waals surface area contributed by atoms with Crippen LogP contribution in [-0.2, 0) is 11.2 Å². The van der Waals surface area contributed by atoms with Gasteiger partial charge in [-0.1, -0.05) is 39.0 Å². The predicted molar refractivity (Wildman–Crippen MR) is 113 cm³/mol. The molecule has 0 spiro atoms. The topological polar surface area (TPSA) is 116 Å². The normalized spacial score (nSPS) is 10.9. The van der Waals surface area contributed by atoms with E-state index in [-0.39, 0.29) is 42.0 Å². The number of pyridine rings is 2. The first kappa shape index (κ1) is 21.1. The minimum absolute atomic E-state index is 0.0243. The first-order chi connectivity index (χ1) is 14.4. The van der Waals surface area contributed by atoms with E-state index in [1.807, 2.05) is 30.3 Å². The number of carbonyl (C=O) groups excluding carboxylic acids is 1. The summed E-state index contributed by atoms with van der Waals surface area (Å²) in [6.45, 7) is 5.79. The van der Waals surface area contributed by atoms with Crippen LogP contribution in [0, 0.1) is 11.3 Å². The molecule has 2 N–H and O–H groups in total. The molecule has 2 heterocycles. The van der Waals surface area contributed by atoms with Crippen molar-refractivity contribution in [2.24, 2.45) is 0 Å². The van der Waals surface area contributed by atoms with E-state index in [4.69, 9.17) is 10.00 Å². The fraction of sp³-hybridized carbons (Fsp3) is 0.304. The number of carbonyl (C=O) groups is 1. The van der Waals surface area contributed by atoms with Crippen molar-refractivity contribution in [3.8, 4) is 23.1 Å². The van der Waals surface area contributed by atoms with Crippen molar-refractivity contribution in [1.29, 1.82) is 5.26 Å². The van der Waals surface area contributed by atoms with E-state index in [9.17, 15) is 14.7 Å². The zero-order valence-corrected chi connectivity index (χ0v) is 17.2. The second-order valence-corrected chi connectivity index (χ2v) is 7.23. The minimum atomic E-state index is -0.826. The van der Waals surface area contributed by atoms with Crippen LogP contribution in [0.15, 0.2) is 35.1 Å². The Morgan fingerprint density at radius 3 is 2.70 bits per heavy atom. The van der Waals surface area contributed by atoms with Gasteiger partial charge in [0.15, 0.2) is 0 Å². The van der Waals surface area contributed by atoms with Gasteiger partial charge in [0.25, 0.3) is 5.56 Å². The second-order valence-electron chi connectivity index (χ2n) is 7.23. The van der Waals surface area contributed by atoms with Crippen molar-refractivity contribution in [2.45, 2.75) is 39.5 Å². The third kappa shape index (κ3) is 4.03. The van der Waals surface area contributed by atoms with E-state index >= 15 is 0 Å². The van der Waals surface area contributed by atoms with Gasteiger partial charge >= 0.3 is 5.97 Å². The highest BCUT2D eigenvalue weighted by atomic mass is 16.5. The van der Waals surface area contributed by atoms with Gasteiger partial charge in [0, 0.05) is 5.39 Å². The number of nitrogens with one attached hydrogen (secondary N) is 1. The molecule has 0 atom stereocenters. The van der Waals surface area contributed by atoms with Crippen molar-refractivity contribution in [3.05, 3.63) is 57.5 Å². The number of rotatable bonds is 6. The van der Waals surface area contributed by atoms with Gasteiger partial charge in [-0.3, -0.25) is 4.79 Å². The maximum Gasteiger partial charge on any atom is 0.355 e. The van der Waals surface area contributed by atoms with E-state index in [0.29, 0.717) is 17.1 Å². The third-order valence-electron chi connectivity index (χ3n) is 4.93. The van der Waals surface area contributed by atoms with Crippen LogP contribution >= 0.6 is 0 Å². The number of benzene rings is 1. The third-order valence-corrected chi connectivity index (χ3v) is 4.93. The number of H-pyrrole nitrogens is 1. The van der Waals surface area contributed by atoms with Gasteiger partial charge < -0.3 is 14.8 Å². The molecule has 0 saturated carbocycles. The summed E-state index contributed by atoms with van der Waals surface area (Å²) in [6, 6.07) is 11.4. The summed E-state index contributed by atoms with van der Waals surface area (Å²) in [7, 11) is 0. The van der Waals surface area contributed by atoms with Crippen LogP contribution in [0.4, 0.5) is 0 Å². The Labute approximate surface area is 174 Å². The molecule has 0 bridgehead atoms. The Morgan fingerprint density at radius 1 is 1.30 bits per heavy atom. The lowest BCUT2D eigenvalue weighted by Crippen LogP contribution is -2.20. The van der Waals surface area contributed by atoms with E-state index < -0.39 is 11.5 Å². The first-order valence-electron chi connectivity index (χ1n) is 9.80. The molecule has 3 rings (SSSR count). The van der Waals surface area contributed by atoms with Crippen LogP contribution in [0.2, 0.25) is 0 Å². The summed E-state index contributed by atoms with van der Waals surface area (Å²) in [5, 5.41) is 20.4. The summed E-state index contributed by atoms with van der Waals surface area (Å²) in [5.74, 6) is -0.799. The Morgan fingerprint density at radius 2 is 2.03 bits per heavy atom. The number of hydrogen-bond acceptors (Lipinski definition) is 6. The van der Waals surface area contributed by atoms with Gasteiger partial charge in [-0.05, 0) is 30.0 Å². The number of ether oxygens (including phenoxy) is 1. The highest BCUT2D eigenvalue weighted by Gasteiger charge is 2.24. The highest BCUT2D eigenvalue weighted by Crippen LogP contribution is 2.34. The van der Waals surface area contributed by atoms with Gasteiger partial charge in [0.1, 0.15) is 18.1 Å². The molecule has 7 heteroatoms. The van der Waals surface area contributed by atoms with Crippen LogP contribution in [-0.4, -0.2) is 27.7 Å². The molecule has 0 aliphatic heterocycles. The molecule has 0 unspecified atom stereocenters. The maximum absolute atomic E-state index is 12.6. The van der Waals surface area contributed by atoms with Crippen molar-refractivity contribution >= 4 is 16.9 Å². The van der Waals surface area contributed by atoms with E-state index in [2.05, 4.69) is 23.8 Å². The van der Waals surface area contributed by atoms with Crippen molar-refractivity contribution < 1.29 is 14.6 Å². The number of fused-ring (bicyclic) bond motifs is 1. The van der Waals surface area contributed by atoms with Gasteiger partial charge in [-0.15, -0.1) is 0 Å². The van der Waals surface area contributed by atoms with Crippen LogP contribution in [0.3, 0.4) is 0 Å². The molecule has 1 aromatic carbocycles. The quantitative estimate of drug-likeness (QED) is 0.472. The zero-order chi connectivity index (χ0) is 21.8. The van der Waals surface area contributed by atoms with E-state index in [1.165, 1.54) is 0 Å². The van der Waals surface area contributed by atoms with Gasteiger partial charge in [0.2, 0.25) is 0 Å². The molecule has 0 aliphatic rings. The van der Waals surface area contributed by atoms with E-state index in [0.717, 1.165) is 10.9 Å². The van der Waals surface area contributed by atoms with Crippen LogP contribution in [0.5, 0.6) is 5.75 Å². The molecular formula is C23H23N3O4. The maximum atomic E-state index is 12.6. The number of nitrogens with zero attached hydrogens (tertiary/aromatic N) is 2. The first-order valence-corrected chi connectivity index (χ1v) is 9.80. The lowest BCUT2D eigenvalue weighted by atomic mass is 9.99. The molecule has 0 amide bonds. The molecule has 0 fully saturated rings. The lowest BCUT2D eigenvalue weighted by Gasteiger charge is -2.14. The predicted octanol–water partition coefficient (Wildman–Crippen LogP) is 4.05. The minimum Gasteiger partial charge on any atom is -0.507 e. The van der Waals surface area contributed by atoms with E-state index in [1.54, 1.807) is 13.0 Å². The van der Waals surface area contributed by atoms with Crippen LogP contribution in [0.25, 0.3) is 22.2 Å². The highest BCUT2D eigenvalue weighted by molar-refractivity contribution is 5.97.